The molecular formula is C36H35N5O5. The van der Waals surface area contributed by atoms with E-state index in [9.17, 15) is 15.2 Å². The molecule has 0 bridgehead atoms. The van der Waals surface area contributed by atoms with Gasteiger partial charge in [-0.2, -0.15) is 10.2 Å². The van der Waals surface area contributed by atoms with E-state index in [1.54, 1.807) is 20.3 Å². The lowest BCUT2D eigenvalue weighted by molar-refractivity contribution is -0.144. The number of hydrogen-bond acceptors (Lipinski definition) is 8. The highest BCUT2D eigenvalue weighted by atomic mass is 16.5. The zero-order valence-corrected chi connectivity index (χ0v) is 26.1. The Labute approximate surface area is 267 Å². The smallest absolute Gasteiger partial charge is 0.329 e. The minimum Gasteiger partial charge on any atom is -0.497 e. The van der Waals surface area contributed by atoms with Crippen molar-refractivity contribution in [2.75, 3.05) is 25.7 Å². The molecule has 10 heteroatoms. The number of nitriles is 1. The quantitative estimate of drug-likeness (QED) is 0.182. The van der Waals surface area contributed by atoms with Crippen molar-refractivity contribution in [2.45, 2.75) is 45.4 Å². The van der Waals surface area contributed by atoms with E-state index in [1.807, 2.05) is 66.1 Å². The fourth-order valence-corrected chi connectivity index (χ4v) is 6.20. The highest BCUT2D eigenvalue weighted by molar-refractivity contribution is 5.88. The summed E-state index contributed by atoms with van der Waals surface area (Å²) in [6.45, 7) is 2.55. The molecule has 0 amide bonds. The lowest BCUT2D eigenvalue weighted by Crippen LogP contribution is -2.29. The second-order valence-electron chi connectivity index (χ2n) is 11.3. The van der Waals surface area contributed by atoms with Crippen LogP contribution in [0.2, 0.25) is 0 Å². The largest absolute Gasteiger partial charge is 0.497 e. The van der Waals surface area contributed by atoms with Crippen LogP contribution in [0.4, 0.5) is 5.82 Å². The van der Waals surface area contributed by atoms with E-state index in [2.05, 4.69) is 23.1 Å². The van der Waals surface area contributed by atoms with Gasteiger partial charge in [0.1, 0.15) is 30.0 Å². The van der Waals surface area contributed by atoms with Crippen LogP contribution in [0.5, 0.6) is 11.5 Å². The summed E-state index contributed by atoms with van der Waals surface area (Å²) in [5, 5.41) is 20.1. The fraction of sp³-hybridized carbons (Fsp3) is 0.278. The number of nitrogens with zero attached hydrogens (tertiary/aromatic N) is 5. The molecule has 5 aromatic rings. The fourth-order valence-electron chi connectivity index (χ4n) is 6.20. The number of methoxy groups -OCH3 is 2. The Morgan fingerprint density at radius 1 is 1.04 bits per heavy atom. The lowest BCUT2D eigenvalue weighted by atomic mass is 9.93. The number of fused-ring (bicyclic) bond motifs is 2. The number of aliphatic carboxylic acids is 1. The summed E-state index contributed by atoms with van der Waals surface area (Å²) < 4.78 is 19.1. The third-order valence-corrected chi connectivity index (χ3v) is 8.33. The molecule has 2 heterocycles. The Kier molecular flexibility index (Phi) is 8.85. The van der Waals surface area contributed by atoms with Gasteiger partial charge in [0.05, 0.1) is 37.1 Å². The van der Waals surface area contributed by atoms with Crippen LogP contribution < -0.4 is 14.4 Å². The topological polar surface area (TPSA) is 123 Å². The van der Waals surface area contributed by atoms with Gasteiger partial charge in [-0.1, -0.05) is 36.4 Å². The number of aromatic nitrogens is 3. The molecule has 46 heavy (non-hydrogen) atoms. The number of ether oxygens (including phenoxy) is 3. The summed E-state index contributed by atoms with van der Waals surface area (Å²) in [6.07, 6.45) is 1.65. The number of benzene rings is 3. The third kappa shape index (κ3) is 6.10. The van der Waals surface area contributed by atoms with E-state index < -0.39 is 18.7 Å². The second-order valence-corrected chi connectivity index (χ2v) is 11.3. The van der Waals surface area contributed by atoms with E-state index in [1.165, 1.54) is 0 Å². The first-order chi connectivity index (χ1) is 22.4. The van der Waals surface area contributed by atoms with Crippen LogP contribution in [0.25, 0.3) is 16.9 Å². The summed E-state index contributed by atoms with van der Waals surface area (Å²) >= 11 is 0. The molecule has 1 atom stereocenters. The Balaban J connectivity index is 1.57. The Morgan fingerprint density at radius 3 is 2.61 bits per heavy atom. The van der Waals surface area contributed by atoms with Crippen molar-refractivity contribution < 1.29 is 24.1 Å². The van der Waals surface area contributed by atoms with Gasteiger partial charge in [-0.3, -0.25) is 4.57 Å². The van der Waals surface area contributed by atoms with E-state index in [0.717, 1.165) is 45.5 Å². The maximum absolute atomic E-state index is 11.5. The Bertz CT molecular complexity index is 1930. The van der Waals surface area contributed by atoms with Crippen molar-refractivity contribution in [2.24, 2.45) is 0 Å². The van der Waals surface area contributed by atoms with Crippen molar-refractivity contribution in [1.29, 1.82) is 5.26 Å². The molecule has 1 N–H and O–H groups in total. The first kappa shape index (κ1) is 30.6. The lowest BCUT2D eigenvalue weighted by Gasteiger charge is -2.32. The van der Waals surface area contributed by atoms with Crippen LogP contribution in [0, 0.1) is 18.3 Å². The molecule has 0 fully saturated rings. The predicted molar refractivity (Wildman–Crippen MR) is 173 cm³/mol. The van der Waals surface area contributed by atoms with Gasteiger partial charge in [0.2, 0.25) is 5.95 Å². The number of carboxylic acid groups (broad SMARTS) is 1. The summed E-state index contributed by atoms with van der Waals surface area (Å²) in [7, 11) is 3.27. The molecule has 0 aliphatic heterocycles. The highest BCUT2D eigenvalue weighted by Gasteiger charge is 2.30. The molecule has 0 saturated carbocycles. The molecule has 6 rings (SSSR count). The first-order valence-corrected chi connectivity index (χ1v) is 15.2. The van der Waals surface area contributed by atoms with E-state index in [0.29, 0.717) is 54.6 Å². The summed E-state index contributed by atoms with van der Waals surface area (Å²) in [5.74, 6) is 1.53. The molecule has 0 spiro atoms. The van der Waals surface area contributed by atoms with E-state index in [-0.39, 0.29) is 0 Å². The minimum atomic E-state index is -1.03. The molecule has 1 unspecified atom stereocenters. The van der Waals surface area contributed by atoms with Gasteiger partial charge in [0, 0.05) is 41.4 Å². The van der Waals surface area contributed by atoms with Crippen molar-refractivity contribution in [1.82, 2.24) is 14.5 Å². The summed E-state index contributed by atoms with van der Waals surface area (Å²) in [6, 6.07) is 25.8. The van der Waals surface area contributed by atoms with Gasteiger partial charge in [0.25, 0.3) is 0 Å². The second kappa shape index (κ2) is 13.3. The van der Waals surface area contributed by atoms with Crippen molar-refractivity contribution in [3.05, 3.63) is 106 Å². The van der Waals surface area contributed by atoms with Crippen LogP contribution in [0.3, 0.4) is 0 Å². The molecule has 0 radical (unpaired) electrons. The molecular weight excluding hydrogens is 582 g/mol. The standard InChI is InChI=1S/C36H35N5O5/c1-23-17-29-25(19-37)11-7-13-30(29)41(23)36-38-34-28(12-8-14-31(34)46-22-33(42)43)35(39-36)40(20-24-9-5-4-6-10-24)21-26-15-16-27(44-2)18-32(26)45-3/h4-7,9-11,13,15-18,31H,8,12,14,20-22H2,1-3H3,(H,42,43). The van der Waals surface area contributed by atoms with Crippen molar-refractivity contribution in [3.8, 4) is 23.5 Å². The molecule has 1 aliphatic carbocycles. The van der Waals surface area contributed by atoms with E-state index >= 15 is 0 Å². The number of aryl methyl sites for hydroxylation is 1. The Hall–Kier alpha value is -5.40. The minimum absolute atomic E-state index is 0.424. The van der Waals surface area contributed by atoms with Gasteiger partial charge < -0.3 is 24.2 Å². The van der Waals surface area contributed by atoms with Gasteiger partial charge in [-0.25, -0.2) is 9.78 Å². The molecule has 2 aromatic heterocycles. The van der Waals surface area contributed by atoms with Crippen LogP contribution in [0.15, 0.2) is 72.8 Å². The SMILES string of the molecule is COc1ccc(CN(Cc2ccccc2)c2nc(-n3c(C)cc4c(C#N)cccc43)nc3c2CCCC3OCC(=O)O)c(OC)c1. The number of anilines is 1. The van der Waals surface area contributed by atoms with E-state index in [4.69, 9.17) is 24.2 Å². The highest BCUT2D eigenvalue weighted by Crippen LogP contribution is 2.39. The summed E-state index contributed by atoms with van der Waals surface area (Å²) in [4.78, 5) is 24.1. The first-order valence-electron chi connectivity index (χ1n) is 15.2. The van der Waals surface area contributed by atoms with Crippen LogP contribution >= 0.6 is 0 Å². The molecule has 10 nitrogen and oxygen atoms in total. The third-order valence-electron chi connectivity index (χ3n) is 8.33. The Morgan fingerprint density at radius 2 is 1.87 bits per heavy atom. The maximum Gasteiger partial charge on any atom is 0.329 e. The van der Waals surface area contributed by atoms with Crippen LogP contribution in [0.1, 0.15) is 52.6 Å². The van der Waals surface area contributed by atoms with Gasteiger partial charge >= 0.3 is 5.97 Å². The zero-order chi connectivity index (χ0) is 32.2. The number of hydrogen-bond donors (Lipinski definition) is 1. The van der Waals surface area contributed by atoms with Crippen LogP contribution in [-0.4, -0.2) is 46.4 Å². The maximum atomic E-state index is 11.5. The average Bonchev–Trinajstić information content (AvgIpc) is 3.42. The van der Waals surface area contributed by atoms with Crippen molar-refractivity contribution >= 4 is 22.7 Å². The average molecular weight is 618 g/mol. The predicted octanol–water partition coefficient (Wildman–Crippen LogP) is 6.30. The normalized spacial score (nSPS) is 14.0. The van der Waals surface area contributed by atoms with Gasteiger partial charge in [-0.05, 0) is 62.1 Å². The summed E-state index contributed by atoms with van der Waals surface area (Å²) in [5.41, 5.74) is 5.91. The van der Waals surface area contributed by atoms with Gasteiger partial charge in [-0.15, -0.1) is 0 Å². The van der Waals surface area contributed by atoms with Crippen molar-refractivity contribution in [3.63, 3.8) is 0 Å². The number of rotatable bonds is 11. The monoisotopic (exact) mass is 617 g/mol. The molecule has 1 aliphatic rings. The number of carbonyl (C=O) groups is 1. The number of carboxylic acids is 1. The molecule has 0 saturated heterocycles. The molecule has 234 valence electrons. The van der Waals surface area contributed by atoms with Gasteiger partial charge in [0.15, 0.2) is 0 Å². The molecule has 3 aromatic carbocycles. The van der Waals surface area contributed by atoms with Crippen LogP contribution in [-0.2, 0) is 29.0 Å². The zero-order valence-electron chi connectivity index (χ0n) is 26.1.